The van der Waals surface area contributed by atoms with Gasteiger partial charge in [-0.2, -0.15) is 0 Å². The van der Waals surface area contributed by atoms with Gasteiger partial charge in [0, 0.05) is 38.5 Å². The molecule has 0 aliphatic carbocycles. The maximum Gasteiger partial charge on any atom is 0.269 e. The van der Waals surface area contributed by atoms with E-state index in [0.29, 0.717) is 11.4 Å². The van der Waals surface area contributed by atoms with Gasteiger partial charge in [-0.25, -0.2) is 4.68 Å². The van der Waals surface area contributed by atoms with Crippen molar-refractivity contribution in [2.75, 3.05) is 14.1 Å². The Morgan fingerprint density at radius 2 is 1.95 bits per heavy atom. The summed E-state index contributed by atoms with van der Waals surface area (Å²) in [5, 5.41) is 18.5. The van der Waals surface area contributed by atoms with Gasteiger partial charge >= 0.3 is 0 Å². The highest BCUT2D eigenvalue weighted by molar-refractivity contribution is 6.03. The number of hydrogen-bond donors (Lipinski definition) is 0. The highest BCUT2D eigenvalue weighted by Crippen LogP contribution is 2.17. The number of aromatic nitrogens is 3. The lowest BCUT2D eigenvalue weighted by Gasteiger charge is -2.03. The van der Waals surface area contributed by atoms with Crippen LogP contribution >= 0.6 is 0 Å². The second-order valence-electron chi connectivity index (χ2n) is 4.85. The summed E-state index contributed by atoms with van der Waals surface area (Å²) in [6.45, 7) is 1.72. The Bertz CT molecular complexity index is 731. The Balaban J connectivity index is 2.31. The standard InChI is InChI=1S/C14H15N5O3/c1-10-14(13(20)8-9-17(2)3)15-16-18(10)11-4-6-12(7-5-11)19(21)22/h4-9H,1-3H3. The fourth-order valence-electron chi connectivity index (χ4n) is 1.81. The smallest absolute Gasteiger partial charge is 0.269 e. The van der Waals surface area contributed by atoms with Crippen LogP contribution in [0.5, 0.6) is 0 Å². The third-order valence-electron chi connectivity index (χ3n) is 2.96. The van der Waals surface area contributed by atoms with Gasteiger partial charge in [0.25, 0.3) is 5.69 Å². The van der Waals surface area contributed by atoms with Gasteiger partial charge in [0.1, 0.15) is 0 Å². The molecule has 0 amide bonds. The van der Waals surface area contributed by atoms with Crippen molar-refractivity contribution in [1.82, 2.24) is 19.9 Å². The van der Waals surface area contributed by atoms with E-state index in [2.05, 4.69) is 10.3 Å². The molecular weight excluding hydrogens is 286 g/mol. The van der Waals surface area contributed by atoms with Crippen molar-refractivity contribution in [2.24, 2.45) is 0 Å². The first-order valence-corrected chi connectivity index (χ1v) is 6.46. The molecule has 0 N–H and O–H groups in total. The van der Waals surface area contributed by atoms with Crippen molar-refractivity contribution in [2.45, 2.75) is 6.92 Å². The van der Waals surface area contributed by atoms with E-state index in [-0.39, 0.29) is 17.2 Å². The van der Waals surface area contributed by atoms with Gasteiger partial charge in [0.15, 0.2) is 5.69 Å². The zero-order valence-electron chi connectivity index (χ0n) is 12.4. The van der Waals surface area contributed by atoms with Crippen LogP contribution in [0.25, 0.3) is 5.69 Å². The molecule has 0 atom stereocenters. The Labute approximate surface area is 126 Å². The highest BCUT2D eigenvalue weighted by Gasteiger charge is 2.16. The van der Waals surface area contributed by atoms with Crippen LogP contribution < -0.4 is 0 Å². The monoisotopic (exact) mass is 301 g/mol. The molecule has 1 heterocycles. The number of benzene rings is 1. The molecule has 0 aliphatic rings. The first kappa shape index (κ1) is 15.4. The molecular formula is C14H15N5O3. The normalized spacial score (nSPS) is 10.9. The summed E-state index contributed by atoms with van der Waals surface area (Å²) in [7, 11) is 3.62. The number of allylic oxidation sites excluding steroid dienone is 1. The minimum Gasteiger partial charge on any atom is -0.383 e. The number of carbonyl (C=O) groups is 1. The van der Waals surface area contributed by atoms with Crippen molar-refractivity contribution >= 4 is 11.5 Å². The van der Waals surface area contributed by atoms with Crippen LogP contribution in [-0.2, 0) is 0 Å². The molecule has 0 fully saturated rings. The van der Waals surface area contributed by atoms with Crippen LogP contribution in [0.15, 0.2) is 36.5 Å². The molecule has 8 heteroatoms. The van der Waals surface area contributed by atoms with E-state index in [0.717, 1.165) is 0 Å². The van der Waals surface area contributed by atoms with E-state index in [1.807, 2.05) is 14.1 Å². The van der Waals surface area contributed by atoms with Gasteiger partial charge in [0.05, 0.1) is 16.3 Å². The van der Waals surface area contributed by atoms with Crippen molar-refractivity contribution in [1.29, 1.82) is 0 Å². The summed E-state index contributed by atoms with van der Waals surface area (Å²) in [6, 6.07) is 5.88. The molecule has 0 aliphatic heterocycles. The van der Waals surface area contributed by atoms with Crippen LogP contribution in [0.4, 0.5) is 5.69 Å². The third-order valence-corrected chi connectivity index (χ3v) is 2.96. The minimum absolute atomic E-state index is 0.00765. The van der Waals surface area contributed by atoms with Crippen molar-refractivity contribution < 1.29 is 9.72 Å². The predicted octanol–water partition coefficient (Wildman–Crippen LogP) is 1.74. The minimum atomic E-state index is -0.473. The second-order valence-corrected chi connectivity index (χ2v) is 4.85. The van der Waals surface area contributed by atoms with Gasteiger partial charge in [-0.05, 0) is 19.1 Å². The molecule has 22 heavy (non-hydrogen) atoms. The molecule has 1 aromatic heterocycles. The molecule has 0 bridgehead atoms. The molecule has 0 radical (unpaired) electrons. The van der Waals surface area contributed by atoms with Crippen LogP contribution in [0.3, 0.4) is 0 Å². The molecule has 8 nitrogen and oxygen atoms in total. The second kappa shape index (κ2) is 6.17. The SMILES string of the molecule is Cc1c(C(=O)C=CN(C)C)nnn1-c1ccc([N+](=O)[O-])cc1. The van der Waals surface area contributed by atoms with E-state index >= 15 is 0 Å². The number of hydrogen-bond acceptors (Lipinski definition) is 6. The van der Waals surface area contributed by atoms with Crippen molar-refractivity contribution in [3.63, 3.8) is 0 Å². The summed E-state index contributed by atoms with van der Waals surface area (Å²) in [5.74, 6) is -0.251. The van der Waals surface area contributed by atoms with E-state index in [4.69, 9.17) is 0 Å². The average Bonchev–Trinajstić information content (AvgIpc) is 2.86. The van der Waals surface area contributed by atoms with Crippen LogP contribution in [0, 0.1) is 17.0 Å². The first-order valence-electron chi connectivity index (χ1n) is 6.46. The lowest BCUT2D eigenvalue weighted by Crippen LogP contribution is -2.05. The number of nitro benzene ring substituents is 1. The Hall–Kier alpha value is -3.03. The highest BCUT2D eigenvalue weighted by atomic mass is 16.6. The average molecular weight is 301 g/mol. The van der Waals surface area contributed by atoms with E-state index in [1.54, 1.807) is 30.2 Å². The maximum absolute atomic E-state index is 12.0. The summed E-state index contributed by atoms with van der Waals surface area (Å²) in [5.41, 5.74) is 1.41. The number of ketones is 1. The topological polar surface area (TPSA) is 94.2 Å². The van der Waals surface area contributed by atoms with Gasteiger partial charge in [-0.15, -0.1) is 5.10 Å². The molecule has 2 rings (SSSR count). The van der Waals surface area contributed by atoms with E-state index < -0.39 is 4.92 Å². The number of non-ortho nitro benzene ring substituents is 1. The molecule has 114 valence electrons. The third kappa shape index (κ3) is 3.17. The maximum atomic E-state index is 12.0. The number of carbonyl (C=O) groups excluding carboxylic acids is 1. The molecule has 0 saturated carbocycles. The zero-order valence-corrected chi connectivity index (χ0v) is 12.4. The van der Waals surface area contributed by atoms with Crippen LogP contribution in [0.2, 0.25) is 0 Å². The van der Waals surface area contributed by atoms with Gasteiger partial charge < -0.3 is 4.90 Å². The van der Waals surface area contributed by atoms with Crippen molar-refractivity contribution in [3.8, 4) is 5.69 Å². The lowest BCUT2D eigenvalue weighted by molar-refractivity contribution is -0.384. The number of nitro groups is 1. The molecule has 0 unspecified atom stereocenters. The molecule has 2 aromatic rings. The summed E-state index contributed by atoms with van der Waals surface area (Å²) in [4.78, 5) is 24.0. The Kier molecular flexibility index (Phi) is 4.31. The van der Waals surface area contributed by atoms with Gasteiger partial charge in [-0.1, -0.05) is 5.21 Å². The Morgan fingerprint density at radius 1 is 1.32 bits per heavy atom. The van der Waals surface area contributed by atoms with Crippen LogP contribution in [0.1, 0.15) is 16.2 Å². The first-order chi connectivity index (χ1) is 10.4. The largest absolute Gasteiger partial charge is 0.383 e. The quantitative estimate of drug-likeness (QED) is 0.361. The lowest BCUT2D eigenvalue weighted by atomic mass is 10.2. The fraction of sp³-hybridized carbons (Fsp3) is 0.214. The van der Waals surface area contributed by atoms with Gasteiger partial charge in [-0.3, -0.25) is 14.9 Å². The van der Waals surface area contributed by atoms with Crippen molar-refractivity contribution in [3.05, 3.63) is 58.0 Å². The zero-order chi connectivity index (χ0) is 16.3. The molecule has 1 aromatic carbocycles. The number of nitrogens with zero attached hydrogens (tertiary/aromatic N) is 5. The summed E-state index contributed by atoms with van der Waals surface area (Å²) in [6.07, 6.45) is 3.05. The van der Waals surface area contributed by atoms with Crippen LogP contribution in [-0.4, -0.2) is 44.7 Å². The Morgan fingerprint density at radius 3 is 2.50 bits per heavy atom. The fourth-order valence-corrected chi connectivity index (χ4v) is 1.81. The molecule has 0 saturated heterocycles. The number of rotatable bonds is 5. The molecule has 0 spiro atoms. The van der Waals surface area contributed by atoms with E-state index in [1.165, 1.54) is 22.9 Å². The predicted molar refractivity (Wildman–Crippen MR) is 79.9 cm³/mol. The summed E-state index contributed by atoms with van der Waals surface area (Å²) < 4.78 is 1.47. The van der Waals surface area contributed by atoms with E-state index in [9.17, 15) is 14.9 Å². The summed E-state index contributed by atoms with van der Waals surface area (Å²) >= 11 is 0. The van der Waals surface area contributed by atoms with Gasteiger partial charge in [0.2, 0.25) is 5.78 Å².